The van der Waals surface area contributed by atoms with Crippen molar-refractivity contribution in [2.24, 2.45) is 5.92 Å². The second kappa shape index (κ2) is 21.4. The highest BCUT2D eigenvalue weighted by Crippen LogP contribution is 2.20. The normalized spacial score (nSPS) is 13.8. The molecule has 41 heavy (non-hydrogen) atoms. The third-order valence-electron chi connectivity index (χ3n) is 5.21. The monoisotopic (exact) mass is 596 g/mol. The van der Waals surface area contributed by atoms with Gasteiger partial charge in [-0.25, -0.2) is 9.59 Å². The van der Waals surface area contributed by atoms with Gasteiger partial charge in [0.25, 0.3) is 0 Å². The average molecular weight is 597 g/mol. The molecular formula is C29H38F6O6. The van der Waals surface area contributed by atoms with Gasteiger partial charge in [0.1, 0.15) is 13.2 Å². The first-order valence-electron chi connectivity index (χ1n) is 13.3. The number of ether oxygens (including phenoxy) is 3. The minimum absolute atomic E-state index is 0.265. The fraction of sp³-hybridized carbons (Fsp3) is 0.552. The molecule has 0 bridgehead atoms. The van der Waals surface area contributed by atoms with Crippen molar-refractivity contribution in [2.75, 3.05) is 13.2 Å². The van der Waals surface area contributed by atoms with E-state index in [4.69, 9.17) is 4.74 Å². The summed E-state index contributed by atoms with van der Waals surface area (Å²) in [6, 6.07) is 0. The molecule has 0 amide bonds. The van der Waals surface area contributed by atoms with Gasteiger partial charge in [0.2, 0.25) is 0 Å². The van der Waals surface area contributed by atoms with Gasteiger partial charge in [0, 0.05) is 0 Å². The highest BCUT2D eigenvalue weighted by atomic mass is 19.4. The first-order valence-corrected chi connectivity index (χ1v) is 13.3. The highest BCUT2D eigenvalue weighted by Gasteiger charge is 2.43. The van der Waals surface area contributed by atoms with E-state index in [9.17, 15) is 40.7 Å². The largest absolute Gasteiger partial charge is 0.490 e. The summed E-state index contributed by atoms with van der Waals surface area (Å²) in [4.78, 5) is 34.3. The summed E-state index contributed by atoms with van der Waals surface area (Å²) in [7, 11) is 0. The van der Waals surface area contributed by atoms with Gasteiger partial charge in [-0.1, -0.05) is 74.6 Å². The van der Waals surface area contributed by atoms with Gasteiger partial charge >= 0.3 is 30.3 Å². The maximum absolute atomic E-state index is 12.5. The lowest BCUT2D eigenvalue weighted by molar-refractivity contribution is -0.210. The van der Waals surface area contributed by atoms with Crippen molar-refractivity contribution >= 4 is 17.9 Å². The van der Waals surface area contributed by atoms with Crippen molar-refractivity contribution in [3.05, 3.63) is 60.8 Å². The van der Waals surface area contributed by atoms with Crippen molar-refractivity contribution in [2.45, 2.75) is 83.7 Å². The van der Waals surface area contributed by atoms with Crippen LogP contribution in [0.1, 0.15) is 65.2 Å². The van der Waals surface area contributed by atoms with Gasteiger partial charge in [0.15, 0.2) is 6.10 Å². The van der Waals surface area contributed by atoms with Crippen LogP contribution >= 0.6 is 0 Å². The van der Waals surface area contributed by atoms with Crippen molar-refractivity contribution in [3.63, 3.8) is 0 Å². The van der Waals surface area contributed by atoms with Gasteiger partial charge in [-0.05, 0) is 51.4 Å². The van der Waals surface area contributed by atoms with Gasteiger partial charge in [-0.3, -0.25) is 4.79 Å². The zero-order valence-electron chi connectivity index (χ0n) is 23.2. The van der Waals surface area contributed by atoms with E-state index in [-0.39, 0.29) is 12.8 Å². The average Bonchev–Trinajstić information content (AvgIpc) is 2.90. The van der Waals surface area contributed by atoms with Crippen molar-refractivity contribution in [1.29, 1.82) is 0 Å². The Morgan fingerprint density at radius 3 is 1.39 bits per heavy atom. The molecule has 0 rings (SSSR count). The van der Waals surface area contributed by atoms with Crippen LogP contribution in [0.5, 0.6) is 0 Å². The Kier molecular flexibility index (Phi) is 19.7. The fourth-order valence-corrected chi connectivity index (χ4v) is 3.03. The third-order valence-corrected chi connectivity index (χ3v) is 5.21. The number of hydrogen-bond donors (Lipinski definition) is 0. The Balaban J connectivity index is 4.62. The van der Waals surface area contributed by atoms with E-state index in [0.29, 0.717) is 12.8 Å². The van der Waals surface area contributed by atoms with Crippen molar-refractivity contribution in [1.82, 2.24) is 0 Å². The van der Waals surface area contributed by atoms with E-state index in [1.54, 1.807) is 6.92 Å². The molecule has 0 aliphatic rings. The second-order valence-corrected chi connectivity index (χ2v) is 8.64. The zero-order chi connectivity index (χ0) is 31.2. The lowest BCUT2D eigenvalue weighted by Gasteiger charge is -2.21. The molecule has 0 saturated carbocycles. The van der Waals surface area contributed by atoms with E-state index in [2.05, 4.69) is 52.9 Å². The number of alkyl halides is 6. The number of rotatable bonds is 19. The van der Waals surface area contributed by atoms with Gasteiger partial charge in [0.05, 0.1) is 5.92 Å². The lowest BCUT2D eigenvalue weighted by Crippen LogP contribution is -2.37. The molecule has 0 radical (unpaired) electrons. The van der Waals surface area contributed by atoms with Gasteiger partial charge in [-0.15, -0.1) is 0 Å². The summed E-state index contributed by atoms with van der Waals surface area (Å²) in [6.45, 7) is 1.24. The molecule has 0 spiro atoms. The second-order valence-electron chi connectivity index (χ2n) is 8.64. The Bertz CT molecular complexity index is 886. The Morgan fingerprint density at radius 1 is 0.634 bits per heavy atom. The first-order chi connectivity index (χ1) is 19.3. The summed E-state index contributed by atoms with van der Waals surface area (Å²) in [5.41, 5.74) is 0. The highest BCUT2D eigenvalue weighted by molar-refractivity contribution is 5.76. The van der Waals surface area contributed by atoms with Crippen LogP contribution < -0.4 is 0 Å². The van der Waals surface area contributed by atoms with Crippen LogP contribution in [0.3, 0.4) is 0 Å². The third kappa shape index (κ3) is 20.3. The molecule has 0 saturated heterocycles. The molecule has 0 aromatic carbocycles. The number of esters is 3. The molecule has 1 atom stereocenters. The molecule has 12 heteroatoms. The fourth-order valence-electron chi connectivity index (χ4n) is 3.03. The molecule has 0 fully saturated rings. The molecular weight excluding hydrogens is 558 g/mol. The molecule has 0 aliphatic carbocycles. The number of carbonyl (C=O) groups excluding carboxylic acids is 3. The molecule has 0 N–H and O–H groups in total. The number of carbonyl (C=O) groups is 3. The molecule has 0 heterocycles. The predicted molar refractivity (Wildman–Crippen MR) is 141 cm³/mol. The summed E-state index contributed by atoms with van der Waals surface area (Å²) >= 11 is 0. The van der Waals surface area contributed by atoms with Crippen LogP contribution in [0, 0.1) is 5.92 Å². The van der Waals surface area contributed by atoms with Crippen LogP contribution in [-0.2, 0) is 28.6 Å². The minimum atomic E-state index is -5.37. The van der Waals surface area contributed by atoms with Crippen LogP contribution in [-0.4, -0.2) is 49.6 Å². The van der Waals surface area contributed by atoms with Gasteiger partial charge < -0.3 is 14.2 Å². The molecule has 1 unspecified atom stereocenters. The maximum Gasteiger partial charge on any atom is 0.490 e. The summed E-state index contributed by atoms with van der Waals surface area (Å²) < 4.78 is 87.0. The Morgan fingerprint density at radius 2 is 1.02 bits per heavy atom. The smallest absolute Gasteiger partial charge is 0.455 e. The number of allylic oxidation sites excluding steroid dienone is 10. The molecule has 0 aromatic heterocycles. The number of hydrogen-bond acceptors (Lipinski definition) is 6. The molecule has 0 aromatic rings. The molecule has 6 nitrogen and oxygen atoms in total. The standard InChI is InChI=1S/C29H38F6O6/c1-3-5-6-7-8-9-10-11-12-13-14-15-16-17-18-19-20-23(4-2)25(36)41-24(21-39-26(37)28(30,31)32)22-40-27(38)29(33,34)35/h5-6,8-9,11-12,14-15,17-18,23-24H,3-4,7,10,13,16,19-22H2,1-2H3/b6-5-,9-8-,12-11-,15-14-,18-17-. The first kappa shape index (κ1) is 37.7. The summed E-state index contributed by atoms with van der Waals surface area (Å²) in [6.07, 6.45) is 13.0. The summed E-state index contributed by atoms with van der Waals surface area (Å²) in [5, 5.41) is 0. The van der Waals surface area contributed by atoms with Crippen molar-refractivity contribution < 1.29 is 54.9 Å². The Hall–Kier alpha value is -3.31. The lowest BCUT2D eigenvalue weighted by atomic mass is 10.0. The van der Waals surface area contributed by atoms with Crippen LogP contribution in [0.4, 0.5) is 26.3 Å². The van der Waals surface area contributed by atoms with Crippen LogP contribution in [0.25, 0.3) is 0 Å². The Labute approximate surface area is 236 Å². The van der Waals surface area contributed by atoms with E-state index in [1.807, 2.05) is 24.3 Å². The predicted octanol–water partition coefficient (Wildman–Crippen LogP) is 7.67. The molecule has 232 valence electrons. The maximum atomic E-state index is 12.5. The zero-order valence-corrected chi connectivity index (χ0v) is 23.2. The SMILES string of the molecule is CC/C=C\C/C=C\C/C=C\C/C=C\C/C=C\CCC(CC)C(=O)OC(COC(=O)C(F)(F)F)COC(=O)C(F)(F)F. The number of halogens is 6. The van der Waals surface area contributed by atoms with E-state index in [0.717, 1.165) is 25.7 Å². The van der Waals surface area contributed by atoms with Crippen LogP contribution in [0.15, 0.2) is 60.8 Å². The van der Waals surface area contributed by atoms with E-state index >= 15 is 0 Å². The van der Waals surface area contributed by atoms with Crippen LogP contribution in [0.2, 0.25) is 0 Å². The minimum Gasteiger partial charge on any atom is -0.455 e. The quantitative estimate of drug-likeness (QED) is 0.0659. The van der Waals surface area contributed by atoms with E-state index < -0.39 is 55.5 Å². The van der Waals surface area contributed by atoms with E-state index in [1.165, 1.54) is 0 Å². The summed E-state index contributed by atoms with van der Waals surface area (Å²) in [5.74, 6) is -6.94. The van der Waals surface area contributed by atoms with Gasteiger partial charge in [-0.2, -0.15) is 26.3 Å². The topological polar surface area (TPSA) is 78.9 Å². The van der Waals surface area contributed by atoms with Crippen molar-refractivity contribution in [3.8, 4) is 0 Å². The molecule has 0 aliphatic heterocycles.